The second-order valence-electron chi connectivity index (χ2n) is 5.90. The van der Waals surface area contributed by atoms with Crippen molar-refractivity contribution < 1.29 is 14.3 Å². The van der Waals surface area contributed by atoms with Crippen molar-refractivity contribution in [2.75, 3.05) is 13.2 Å². The van der Waals surface area contributed by atoms with Crippen molar-refractivity contribution in [2.45, 2.75) is 27.7 Å². The monoisotopic (exact) mass is 418 g/mol. The first-order chi connectivity index (χ1) is 12.4. The summed E-state index contributed by atoms with van der Waals surface area (Å²) in [5.41, 5.74) is 6.51. The molecule has 2 rings (SSSR count). The van der Waals surface area contributed by atoms with Crippen LogP contribution in [0.3, 0.4) is 0 Å². The summed E-state index contributed by atoms with van der Waals surface area (Å²) in [6.07, 6.45) is 1.55. The summed E-state index contributed by atoms with van der Waals surface area (Å²) in [6, 6.07) is 9.62. The summed E-state index contributed by atoms with van der Waals surface area (Å²) in [4.78, 5) is 12.0. The van der Waals surface area contributed by atoms with Crippen LogP contribution in [0, 0.1) is 20.8 Å². The lowest BCUT2D eigenvalue weighted by molar-refractivity contribution is -0.123. The summed E-state index contributed by atoms with van der Waals surface area (Å²) in [5, 5.41) is 3.99. The second kappa shape index (κ2) is 9.38. The largest absolute Gasteiger partial charge is 0.493 e. The zero-order chi connectivity index (χ0) is 19.1. The van der Waals surface area contributed by atoms with Crippen LogP contribution in [0.25, 0.3) is 0 Å². The van der Waals surface area contributed by atoms with Gasteiger partial charge in [0.1, 0.15) is 11.5 Å². The minimum atomic E-state index is -0.326. The molecule has 0 aliphatic heterocycles. The van der Waals surface area contributed by atoms with Crippen LogP contribution in [0.4, 0.5) is 0 Å². The van der Waals surface area contributed by atoms with E-state index in [1.807, 2.05) is 52.0 Å². The molecule has 0 aromatic heterocycles. The number of halogens is 1. The van der Waals surface area contributed by atoms with E-state index < -0.39 is 0 Å². The molecule has 1 amide bonds. The molecule has 0 saturated heterocycles. The van der Waals surface area contributed by atoms with Crippen molar-refractivity contribution >= 4 is 28.1 Å². The number of hydrogen-bond acceptors (Lipinski definition) is 4. The minimum Gasteiger partial charge on any atom is -0.493 e. The summed E-state index contributed by atoms with van der Waals surface area (Å²) < 4.78 is 12.1. The summed E-state index contributed by atoms with van der Waals surface area (Å²) in [6.45, 7) is 8.36. The number of rotatable bonds is 7. The second-order valence-corrected chi connectivity index (χ2v) is 6.82. The minimum absolute atomic E-state index is 0.0993. The lowest BCUT2D eigenvalue weighted by Gasteiger charge is -2.11. The number of benzene rings is 2. The van der Waals surface area contributed by atoms with Gasteiger partial charge in [-0.15, -0.1) is 0 Å². The lowest BCUT2D eigenvalue weighted by Crippen LogP contribution is -2.24. The predicted molar refractivity (Wildman–Crippen MR) is 107 cm³/mol. The first-order valence-corrected chi connectivity index (χ1v) is 9.15. The van der Waals surface area contributed by atoms with Gasteiger partial charge in [-0.3, -0.25) is 4.79 Å². The molecule has 0 unspecified atom stereocenters. The average molecular weight is 419 g/mol. The molecule has 0 fully saturated rings. The van der Waals surface area contributed by atoms with E-state index in [-0.39, 0.29) is 12.5 Å². The summed E-state index contributed by atoms with van der Waals surface area (Å²) in [5.74, 6) is 1.09. The molecule has 0 aliphatic rings. The molecule has 0 spiro atoms. The van der Waals surface area contributed by atoms with Gasteiger partial charge in [-0.1, -0.05) is 22.0 Å². The first-order valence-electron chi connectivity index (χ1n) is 8.35. The number of nitrogens with zero attached hydrogens (tertiary/aromatic N) is 1. The number of hydrazone groups is 1. The maximum Gasteiger partial charge on any atom is 0.277 e. The lowest BCUT2D eigenvalue weighted by atomic mass is 10.1. The fraction of sp³-hybridized carbons (Fsp3) is 0.300. The number of ether oxygens (including phenoxy) is 2. The van der Waals surface area contributed by atoms with E-state index in [0.29, 0.717) is 18.1 Å². The summed E-state index contributed by atoms with van der Waals surface area (Å²) >= 11 is 3.41. The number of carbonyl (C=O) groups is 1. The molecule has 0 atom stereocenters. The van der Waals surface area contributed by atoms with E-state index in [4.69, 9.17) is 9.47 Å². The third-order valence-corrected chi connectivity index (χ3v) is 4.28. The van der Waals surface area contributed by atoms with Crippen molar-refractivity contribution in [2.24, 2.45) is 5.10 Å². The Balaban J connectivity index is 1.95. The topological polar surface area (TPSA) is 59.9 Å². The molecule has 2 aromatic rings. The first kappa shape index (κ1) is 20.0. The van der Waals surface area contributed by atoms with Crippen molar-refractivity contribution in [1.29, 1.82) is 0 Å². The number of hydrogen-bond donors (Lipinski definition) is 1. The van der Waals surface area contributed by atoms with Crippen LogP contribution in [0.2, 0.25) is 0 Å². The highest BCUT2D eigenvalue weighted by Gasteiger charge is 2.07. The standard InChI is InChI=1S/C20H23BrN2O3/c1-5-25-18-7-6-17(21)10-16(18)11-22-23-20(24)12-26-19-9-13(2)8-14(3)15(19)4/h6-11H,5,12H2,1-4H3,(H,23,24)/b22-11+. The van der Waals surface area contributed by atoms with Gasteiger partial charge in [-0.25, -0.2) is 5.43 Å². The molecular weight excluding hydrogens is 396 g/mol. The van der Waals surface area contributed by atoms with E-state index in [1.165, 1.54) is 0 Å². The van der Waals surface area contributed by atoms with Crippen LogP contribution in [0.1, 0.15) is 29.2 Å². The molecule has 0 bridgehead atoms. The number of carbonyl (C=O) groups excluding carboxylic acids is 1. The molecule has 0 heterocycles. The van der Waals surface area contributed by atoms with E-state index in [2.05, 4.69) is 32.5 Å². The maximum absolute atomic E-state index is 12.0. The molecular formula is C20H23BrN2O3. The predicted octanol–water partition coefficient (Wildman–Crippen LogP) is 4.30. The van der Waals surface area contributed by atoms with Crippen LogP contribution < -0.4 is 14.9 Å². The van der Waals surface area contributed by atoms with Crippen molar-refractivity contribution in [3.63, 3.8) is 0 Å². The van der Waals surface area contributed by atoms with Crippen LogP contribution in [0.5, 0.6) is 11.5 Å². The highest BCUT2D eigenvalue weighted by molar-refractivity contribution is 9.10. The zero-order valence-electron chi connectivity index (χ0n) is 15.4. The van der Waals surface area contributed by atoms with Gasteiger partial charge in [0.2, 0.25) is 0 Å². The van der Waals surface area contributed by atoms with E-state index in [0.717, 1.165) is 26.7 Å². The molecule has 1 N–H and O–H groups in total. The Morgan fingerprint density at radius 3 is 2.65 bits per heavy atom. The summed E-state index contributed by atoms with van der Waals surface area (Å²) in [7, 11) is 0. The molecule has 138 valence electrons. The fourth-order valence-electron chi connectivity index (χ4n) is 2.41. The molecule has 2 aromatic carbocycles. The van der Waals surface area contributed by atoms with Gasteiger partial charge in [0.15, 0.2) is 6.61 Å². The van der Waals surface area contributed by atoms with Gasteiger partial charge in [-0.05, 0) is 68.7 Å². The van der Waals surface area contributed by atoms with Gasteiger partial charge in [-0.2, -0.15) is 5.10 Å². The van der Waals surface area contributed by atoms with Crippen molar-refractivity contribution in [3.8, 4) is 11.5 Å². The molecule has 5 nitrogen and oxygen atoms in total. The zero-order valence-corrected chi connectivity index (χ0v) is 17.0. The normalized spacial score (nSPS) is 10.8. The van der Waals surface area contributed by atoms with Gasteiger partial charge < -0.3 is 9.47 Å². The number of nitrogens with one attached hydrogen (secondary N) is 1. The molecule has 0 saturated carbocycles. The van der Waals surface area contributed by atoms with Crippen LogP contribution >= 0.6 is 15.9 Å². The Kier molecular flexibility index (Phi) is 7.21. The van der Waals surface area contributed by atoms with Gasteiger partial charge >= 0.3 is 0 Å². The SMILES string of the molecule is CCOc1ccc(Br)cc1/C=N/NC(=O)COc1cc(C)cc(C)c1C. The number of amides is 1. The van der Waals surface area contributed by atoms with Crippen molar-refractivity contribution in [3.05, 3.63) is 57.1 Å². The Bertz CT molecular complexity index is 819. The highest BCUT2D eigenvalue weighted by atomic mass is 79.9. The Hall–Kier alpha value is -2.34. The van der Waals surface area contributed by atoms with Gasteiger partial charge in [0.05, 0.1) is 12.8 Å². The molecule has 6 heteroatoms. The Morgan fingerprint density at radius 2 is 1.92 bits per heavy atom. The third kappa shape index (κ3) is 5.59. The van der Waals surface area contributed by atoms with Crippen LogP contribution in [-0.4, -0.2) is 25.3 Å². The highest BCUT2D eigenvalue weighted by Crippen LogP contribution is 2.23. The quantitative estimate of drug-likeness (QED) is 0.538. The van der Waals surface area contributed by atoms with Crippen LogP contribution in [0.15, 0.2) is 39.9 Å². The fourth-order valence-corrected chi connectivity index (χ4v) is 2.79. The van der Waals surface area contributed by atoms with E-state index >= 15 is 0 Å². The third-order valence-electron chi connectivity index (χ3n) is 3.79. The average Bonchev–Trinajstić information content (AvgIpc) is 2.59. The van der Waals surface area contributed by atoms with Crippen molar-refractivity contribution in [1.82, 2.24) is 5.43 Å². The molecule has 0 aliphatic carbocycles. The smallest absolute Gasteiger partial charge is 0.277 e. The van der Waals surface area contributed by atoms with Crippen LogP contribution in [-0.2, 0) is 4.79 Å². The Labute approximate surface area is 162 Å². The van der Waals surface area contributed by atoms with E-state index in [1.54, 1.807) is 6.21 Å². The van der Waals surface area contributed by atoms with Gasteiger partial charge in [0.25, 0.3) is 5.91 Å². The van der Waals surface area contributed by atoms with Gasteiger partial charge in [0, 0.05) is 10.0 Å². The number of aryl methyl sites for hydroxylation is 2. The maximum atomic E-state index is 12.0. The molecule has 26 heavy (non-hydrogen) atoms. The van der Waals surface area contributed by atoms with E-state index in [9.17, 15) is 4.79 Å². The molecule has 0 radical (unpaired) electrons. The Morgan fingerprint density at radius 1 is 1.15 bits per heavy atom.